The topological polar surface area (TPSA) is 67.1 Å². The largest absolute Gasteiger partial charge is 0.357 e. The van der Waals surface area contributed by atoms with Gasteiger partial charge in [0.05, 0.1) is 6.54 Å². The molecule has 2 aromatic rings. The average Bonchev–Trinajstić information content (AvgIpc) is 3.04. The van der Waals surface area contributed by atoms with E-state index in [1.165, 1.54) is 4.88 Å². The molecule has 0 saturated carbocycles. The summed E-state index contributed by atoms with van der Waals surface area (Å²) < 4.78 is 1.87. The molecular weight excluding hydrogens is 387 g/mol. The van der Waals surface area contributed by atoms with Crippen molar-refractivity contribution >= 4 is 41.3 Å². The smallest absolute Gasteiger partial charge is 0.191 e. The Morgan fingerprint density at radius 1 is 1.45 bits per heavy atom. The lowest BCUT2D eigenvalue weighted by molar-refractivity contribution is 0.769. The first-order valence-corrected chi connectivity index (χ1v) is 7.05. The maximum absolute atomic E-state index is 4.49. The van der Waals surface area contributed by atoms with Crippen LogP contribution in [0.5, 0.6) is 0 Å². The second kappa shape index (κ2) is 8.90. The molecule has 110 valence electrons. The highest BCUT2D eigenvalue weighted by atomic mass is 127. The number of guanidine groups is 1. The number of thiophene rings is 1. The zero-order chi connectivity index (χ0) is 13.5. The summed E-state index contributed by atoms with van der Waals surface area (Å²) in [6.45, 7) is 4.17. The normalized spacial score (nSPS) is 11.0. The van der Waals surface area contributed by atoms with Gasteiger partial charge in [-0.15, -0.1) is 45.5 Å². The third-order valence-electron chi connectivity index (χ3n) is 2.54. The highest BCUT2D eigenvalue weighted by Crippen LogP contribution is 2.07. The second-order valence-electron chi connectivity index (χ2n) is 3.99. The molecule has 0 radical (unpaired) electrons. The number of aromatic nitrogens is 3. The molecule has 2 aromatic heterocycles. The predicted octanol–water partition coefficient (Wildman–Crippen LogP) is 1.75. The molecule has 0 aliphatic heterocycles. The van der Waals surface area contributed by atoms with Crippen LogP contribution in [0.3, 0.4) is 0 Å². The summed E-state index contributed by atoms with van der Waals surface area (Å²) in [6, 6.07) is 4.15. The Morgan fingerprint density at radius 2 is 2.30 bits per heavy atom. The summed E-state index contributed by atoms with van der Waals surface area (Å²) in [5.74, 6) is 1.63. The number of aryl methyl sites for hydroxylation is 1. The van der Waals surface area contributed by atoms with Crippen molar-refractivity contribution in [1.82, 2.24) is 25.4 Å². The van der Waals surface area contributed by atoms with Crippen LogP contribution in [0.2, 0.25) is 0 Å². The van der Waals surface area contributed by atoms with E-state index < -0.39 is 0 Å². The molecule has 0 saturated heterocycles. The second-order valence-corrected chi connectivity index (χ2v) is 5.02. The van der Waals surface area contributed by atoms with E-state index in [0.29, 0.717) is 6.54 Å². The van der Waals surface area contributed by atoms with Crippen LogP contribution in [0.25, 0.3) is 0 Å². The van der Waals surface area contributed by atoms with Gasteiger partial charge in [-0.25, -0.2) is 4.99 Å². The first kappa shape index (κ1) is 16.9. The molecule has 0 aromatic carbocycles. The molecule has 0 atom stereocenters. The van der Waals surface area contributed by atoms with E-state index in [4.69, 9.17) is 0 Å². The molecule has 2 rings (SSSR count). The summed E-state index contributed by atoms with van der Waals surface area (Å²) in [5.41, 5.74) is 0. The Kier molecular flexibility index (Phi) is 7.52. The molecule has 0 aliphatic rings. The van der Waals surface area contributed by atoms with E-state index in [0.717, 1.165) is 24.9 Å². The van der Waals surface area contributed by atoms with Crippen LogP contribution in [0.15, 0.2) is 28.8 Å². The Hall–Kier alpha value is -1.16. The summed E-state index contributed by atoms with van der Waals surface area (Å²) in [6.07, 6.45) is 1.68. The van der Waals surface area contributed by atoms with Gasteiger partial charge in [-0.1, -0.05) is 6.07 Å². The lowest BCUT2D eigenvalue weighted by Crippen LogP contribution is -2.36. The fourth-order valence-corrected chi connectivity index (χ4v) is 2.17. The Morgan fingerprint density at radius 3 is 2.90 bits per heavy atom. The number of hydrogen-bond donors (Lipinski definition) is 2. The predicted molar refractivity (Wildman–Crippen MR) is 92.4 cm³/mol. The maximum atomic E-state index is 4.49. The number of halogens is 1. The van der Waals surface area contributed by atoms with Gasteiger partial charge in [0.2, 0.25) is 0 Å². The summed E-state index contributed by atoms with van der Waals surface area (Å²) in [5, 5.41) is 16.4. The van der Waals surface area contributed by atoms with Crippen molar-refractivity contribution in [3.63, 3.8) is 0 Å². The van der Waals surface area contributed by atoms with Gasteiger partial charge in [0.1, 0.15) is 12.9 Å². The standard InChI is InChI=1S/C12H18N6S.HI/c1-3-13-12(14-7-10-5-4-6-19-10)15-8-11-17-16-9-18(11)2;/h4-6,9H,3,7-8H2,1-2H3,(H2,13,14,15);1H. The van der Waals surface area contributed by atoms with Crippen molar-refractivity contribution in [2.45, 2.75) is 20.0 Å². The van der Waals surface area contributed by atoms with Crippen molar-refractivity contribution in [3.05, 3.63) is 34.5 Å². The van der Waals surface area contributed by atoms with Gasteiger partial charge in [0.25, 0.3) is 0 Å². The van der Waals surface area contributed by atoms with E-state index in [2.05, 4.69) is 37.3 Å². The molecule has 0 unspecified atom stereocenters. The van der Waals surface area contributed by atoms with E-state index in [9.17, 15) is 0 Å². The van der Waals surface area contributed by atoms with Crippen LogP contribution >= 0.6 is 35.3 Å². The van der Waals surface area contributed by atoms with Gasteiger partial charge >= 0.3 is 0 Å². The molecular formula is C12H19IN6S. The minimum atomic E-state index is 0. The van der Waals surface area contributed by atoms with E-state index in [1.54, 1.807) is 17.7 Å². The van der Waals surface area contributed by atoms with Crippen LogP contribution in [-0.4, -0.2) is 27.3 Å². The number of rotatable bonds is 5. The fraction of sp³-hybridized carbons (Fsp3) is 0.417. The van der Waals surface area contributed by atoms with Gasteiger partial charge in [-0.2, -0.15) is 0 Å². The zero-order valence-corrected chi connectivity index (χ0v) is 14.7. The quantitative estimate of drug-likeness (QED) is 0.451. The maximum Gasteiger partial charge on any atom is 0.191 e. The number of nitrogens with one attached hydrogen (secondary N) is 2. The fourth-order valence-electron chi connectivity index (χ4n) is 1.53. The number of hydrogen-bond acceptors (Lipinski definition) is 4. The molecule has 8 heteroatoms. The van der Waals surface area contributed by atoms with Crippen LogP contribution in [0.1, 0.15) is 17.6 Å². The summed E-state index contributed by atoms with van der Waals surface area (Å²) in [4.78, 5) is 5.77. The average molecular weight is 406 g/mol. The monoisotopic (exact) mass is 406 g/mol. The van der Waals surface area contributed by atoms with Crippen molar-refractivity contribution in [1.29, 1.82) is 0 Å². The SMILES string of the molecule is CCNC(=NCc1nncn1C)NCc1cccs1.I. The van der Waals surface area contributed by atoms with E-state index in [-0.39, 0.29) is 24.0 Å². The van der Waals surface area contributed by atoms with Crippen LogP contribution in [0, 0.1) is 0 Å². The van der Waals surface area contributed by atoms with Gasteiger partial charge < -0.3 is 15.2 Å². The van der Waals surface area contributed by atoms with Crippen LogP contribution in [-0.2, 0) is 20.1 Å². The van der Waals surface area contributed by atoms with Crippen molar-refractivity contribution in [2.24, 2.45) is 12.0 Å². The van der Waals surface area contributed by atoms with Crippen LogP contribution < -0.4 is 10.6 Å². The molecule has 0 aliphatic carbocycles. The van der Waals surface area contributed by atoms with E-state index >= 15 is 0 Å². The van der Waals surface area contributed by atoms with Gasteiger partial charge in [-0.05, 0) is 18.4 Å². The van der Waals surface area contributed by atoms with Gasteiger partial charge in [0, 0.05) is 18.5 Å². The molecule has 6 nitrogen and oxygen atoms in total. The first-order valence-electron chi connectivity index (χ1n) is 6.17. The Balaban J connectivity index is 0.00000200. The molecule has 2 heterocycles. The Labute approximate surface area is 139 Å². The zero-order valence-electron chi connectivity index (χ0n) is 11.5. The molecule has 0 amide bonds. The number of aliphatic imine (C=N–C) groups is 1. The summed E-state index contributed by atoms with van der Waals surface area (Å²) >= 11 is 1.73. The lowest BCUT2D eigenvalue weighted by atomic mass is 10.4. The molecule has 20 heavy (non-hydrogen) atoms. The minimum Gasteiger partial charge on any atom is -0.357 e. The van der Waals surface area contributed by atoms with E-state index in [1.807, 2.05) is 24.6 Å². The highest BCUT2D eigenvalue weighted by molar-refractivity contribution is 14.0. The third-order valence-corrected chi connectivity index (χ3v) is 3.41. The lowest BCUT2D eigenvalue weighted by Gasteiger charge is -2.10. The van der Waals surface area contributed by atoms with Crippen molar-refractivity contribution in [2.75, 3.05) is 6.54 Å². The molecule has 0 spiro atoms. The molecule has 0 bridgehead atoms. The molecule has 0 fully saturated rings. The third kappa shape index (κ3) is 5.08. The summed E-state index contributed by atoms with van der Waals surface area (Å²) in [7, 11) is 1.91. The van der Waals surface area contributed by atoms with Crippen molar-refractivity contribution < 1.29 is 0 Å². The highest BCUT2D eigenvalue weighted by Gasteiger charge is 2.02. The molecule has 2 N–H and O–H groups in total. The van der Waals surface area contributed by atoms with Gasteiger partial charge in [-0.3, -0.25) is 0 Å². The number of nitrogens with zero attached hydrogens (tertiary/aromatic N) is 4. The Bertz CT molecular complexity index is 522. The van der Waals surface area contributed by atoms with Crippen molar-refractivity contribution in [3.8, 4) is 0 Å². The van der Waals surface area contributed by atoms with Gasteiger partial charge in [0.15, 0.2) is 11.8 Å². The first-order chi connectivity index (χ1) is 9.29. The minimum absolute atomic E-state index is 0. The van der Waals surface area contributed by atoms with Crippen LogP contribution in [0.4, 0.5) is 0 Å².